The lowest BCUT2D eigenvalue weighted by atomic mass is 10.0. The number of nitrogens with one attached hydrogen (secondary N) is 2. The molecular formula is C21H24N2O2S. The maximum Gasteiger partial charge on any atom is 0.253 e. The Kier molecular flexibility index (Phi) is 5.89. The molecule has 0 fully saturated rings. The Balaban J connectivity index is 1.56. The molecule has 26 heavy (non-hydrogen) atoms. The van der Waals surface area contributed by atoms with Gasteiger partial charge >= 0.3 is 0 Å². The van der Waals surface area contributed by atoms with Crippen molar-refractivity contribution in [3.05, 3.63) is 78.7 Å². The first kappa shape index (κ1) is 18.4. The molecular weight excluding hydrogens is 344 g/mol. The molecule has 136 valence electrons. The third kappa shape index (κ3) is 4.41. The third-order valence-electron chi connectivity index (χ3n) is 4.48. The summed E-state index contributed by atoms with van der Waals surface area (Å²) in [6, 6.07) is 12.4. The number of rotatable bonds is 9. The first-order chi connectivity index (χ1) is 12.5. The highest BCUT2D eigenvalue weighted by Gasteiger charge is 2.22. The third-order valence-corrected chi connectivity index (χ3v) is 5.21. The van der Waals surface area contributed by atoms with Gasteiger partial charge in [0.05, 0.1) is 0 Å². The predicted octanol–water partition coefficient (Wildman–Crippen LogP) is 3.68. The molecule has 1 aromatic heterocycles. The van der Waals surface area contributed by atoms with Crippen LogP contribution in [0.3, 0.4) is 0 Å². The van der Waals surface area contributed by atoms with Crippen molar-refractivity contribution >= 4 is 22.7 Å². The molecule has 2 N–H and O–H groups in total. The zero-order chi connectivity index (χ0) is 18.5. The zero-order valence-electron chi connectivity index (χ0n) is 15.1. The summed E-state index contributed by atoms with van der Waals surface area (Å²) in [6.07, 6.45) is 1.76. The second kappa shape index (κ2) is 8.32. The van der Waals surface area contributed by atoms with Gasteiger partial charge in [0.25, 0.3) is 10.9 Å². The molecule has 0 aliphatic heterocycles. The average molecular weight is 369 g/mol. The molecule has 0 bridgehead atoms. The minimum Gasteiger partial charge on any atom is -0.380 e. The Hall–Kier alpha value is -2.40. The smallest absolute Gasteiger partial charge is 0.253 e. The Morgan fingerprint density at radius 2 is 1.65 bits per heavy atom. The van der Waals surface area contributed by atoms with Crippen LogP contribution < -0.4 is 21.5 Å². The molecule has 2 aromatic carbocycles. The highest BCUT2D eigenvalue weighted by Crippen LogP contribution is 2.19. The molecule has 3 aromatic rings. The fraction of sp³-hybridized carbons (Fsp3) is 0.333. The van der Waals surface area contributed by atoms with E-state index in [0.29, 0.717) is 23.8 Å². The van der Waals surface area contributed by atoms with E-state index in [9.17, 15) is 9.59 Å². The van der Waals surface area contributed by atoms with Gasteiger partial charge in [-0.15, -0.1) is 0 Å². The first-order valence-electron chi connectivity index (χ1n) is 8.93. The van der Waals surface area contributed by atoms with Crippen LogP contribution in [0.25, 0.3) is 0 Å². The lowest BCUT2D eigenvalue weighted by Gasteiger charge is -2.21. The van der Waals surface area contributed by atoms with Crippen LogP contribution in [0.5, 0.6) is 0 Å². The van der Waals surface area contributed by atoms with Gasteiger partial charge in [0.1, 0.15) is 11.4 Å². The molecule has 0 saturated carbocycles. The molecule has 0 aliphatic rings. The Labute approximate surface area is 157 Å². The maximum atomic E-state index is 11.9. The van der Waals surface area contributed by atoms with Gasteiger partial charge in [-0.25, -0.2) is 0 Å². The molecule has 0 saturated heterocycles. The molecule has 1 unspecified atom stereocenters. The quantitative estimate of drug-likeness (QED) is 0.566. The van der Waals surface area contributed by atoms with E-state index in [1.807, 2.05) is 30.5 Å². The normalized spacial score (nSPS) is 13.5. The van der Waals surface area contributed by atoms with Crippen molar-refractivity contribution in [3.63, 3.8) is 0 Å². The largest absolute Gasteiger partial charge is 0.380 e. The van der Waals surface area contributed by atoms with Crippen LogP contribution in [-0.4, -0.2) is 12.6 Å². The van der Waals surface area contributed by atoms with Gasteiger partial charge in [-0.05, 0) is 53.6 Å². The summed E-state index contributed by atoms with van der Waals surface area (Å²) in [7, 11) is 0. The van der Waals surface area contributed by atoms with Crippen molar-refractivity contribution in [2.24, 2.45) is 5.92 Å². The van der Waals surface area contributed by atoms with Crippen molar-refractivity contribution in [2.75, 3.05) is 17.2 Å². The van der Waals surface area contributed by atoms with Gasteiger partial charge in [0, 0.05) is 12.6 Å². The van der Waals surface area contributed by atoms with Gasteiger partial charge in [-0.2, -0.15) is 11.3 Å². The van der Waals surface area contributed by atoms with Crippen LogP contribution in [0.1, 0.15) is 25.0 Å². The van der Waals surface area contributed by atoms with Crippen LogP contribution in [-0.2, 0) is 12.8 Å². The number of hydrogen-bond donors (Lipinski definition) is 2. The maximum absolute atomic E-state index is 11.9. The van der Waals surface area contributed by atoms with E-state index in [2.05, 4.69) is 41.1 Å². The Morgan fingerprint density at radius 1 is 0.923 bits per heavy atom. The minimum atomic E-state index is -0.416. The van der Waals surface area contributed by atoms with Crippen LogP contribution >= 0.6 is 11.3 Å². The second-order valence-electron chi connectivity index (χ2n) is 6.97. The lowest BCUT2D eigenvalue weighted by molar-refractivity contribution is 0.611. The number of anilines is 2. The molecule has 0 spiro atoms. The monoisotopic (exact) mass is 368 g/mol. The molecule has 1 heterocycles. The lowest BCUT2D eigenvalue weighted by Crippen LogP contribution is -2.40. The highest BCUT2D eigenvalue weighted by atomic mass is 32.1. The minimum absolute atomic E-state index is 0.0928. The highest BCUT2D eigenvalue weighted by molar-refractivity contribution is 7.07. The SMILES string of the molecule is CC(CNc1c(N[C@H](C)Cc2ccsc2)c(=O)c1=O)Cc1ccccc1. The zero-order valence-corrected chi connectivity index (χ0v) is 15.9. The number of hydrogen-bond acceptors (Lipinski definition) is 5. The summed E-state index contributed by atoms with van der Waals surface area (Å²) in [5.74, 6) is 0.359. The Morgan fingerprint density at radius 3 is 2.35 bits per heavy atom. The van der Waals surface area contributed by atoms with Crippen LogP contribution in [0.2, 0.25) is 0 Å². The van der Waals surface area contributed by atoms with E-state index in [1.54, 1.807) is 11.3 Å². The number of thiophene rings is 1. The molecule has 2 atom stereocenters. The van der Waals surface area contributed by atoms with Gasteiger partial charge < -0.3 is 10.6 Å². The fourth-order valence-electron chi connectivity index (χ4n) is 3.12. The molecule has 5 heteroatoms. The van der Waals surface area contributed by atoms with Gasteiger partial charge in [0.2, 0.25) is 0 Å². The predicted molar refractivity (Wildman–Crippen MR) is 110 cm³/mol. The summed E-state index contributed by atoms with van der Waals surface area (Å²) in [5, 5.41) is 10.5. The summed E-state index contributed by atoms with van der Waals surface area (Å²) >= 11 is 1.66. The van der Waals surface area contributed by atoms with E-state index >= 15 is 0 Å². The topological polar surface area (TPSA) is 58.2 Å². The number of benzene rings is 1. The van der Waals surface area contributed by atoms with Crippen LogP contribution in [0.4, 0.5) is 11.4 Å². The Bertz CT molecular complexity index is 896. The summed E-state index contributed by atoms with van der Waals surface area (Å²) in [6.45, 7) is 4.82. The molecule has 0 aliphatic carbocycles. The standard InChI is InChI=1S/C21H24N2O2S/c1-14(10-16-6-4-3-5-7-16)12-22-18-19(21(25)20(18)24)23-15(2)11-17-8-9-26-13-17/h3-9,13-15,22-23H,10-12H2,1-2H3/t14?,15-/m1/s1. The van der Waals surface area contributed by atoms with Crippen molar-refractivity contribution < 1.29 is 0 Å². The molecule has 0 radical (unpaired) electrons. The van der Waals surface area contributed by atoms with Crippen LogP contribution in [0.15, 0.2) is 56.7 Å². The summed E-state index contributed by atoms with van der Waals surface area (Å²) < 4.78 is 0. The van der Waals surface area contributed by atoms with Gasteiger partial charge in [0.15, 0.2) is 0 Å². The summed E-state index contributed by atoms with van der Waals surface area (Å²) in [5.41, 5.74) is 2.55. The van der Waals surface area contributed by atoms with E-state index in [4.69, 9.17) is 0 Å². The second-order valence-corrected chi connectivity index (χ2v) is 7.75. The van der Waals surface area contributed by atoms with E-state index in [-0.39, 0.29) is 6.04 Å². The first-order valence-corrected chi connectivity index (χ1v) is 9.87. The van der Waals surface area contributed by atoms with E-state index in [0.717, 1.165) is 12.8 Å². The van der Waals surface area contributed by atoms with Crippen molar-refractivity contribution in [3.8, 4) is 0 Å². The fourth-order valence-corrected chi connectivity index (χ4v) is 3.80. The summed E-state index contributed by atoms with van der Waals surface area (Å²) in [4.78, 5) is 23.9. The van der Waals surface area contributed by atoms with Crippen molar-refractivity contribution in [1.29, 1.82) is 0 Å². The van der Waals surface area contributed by atoms with Crippen molar-refractivity contribution in [1.82, 2.24) is 0 Å². The van der Waals surface area contributed by atoms with Crippen LogP contribution in [0, 0.1) is 5.92 Å². The molecule has 4 nitrogen and oxygen atoms in total. The average Bonchev–Trinajstić information content (AvgIpc) is 3.14. The van der Waals surface area contributed by atoms with E-state index in [1.165, 1.54) is 11.1 Å². The van der Waals surface area contributed by atoms with Gasteiger partial charge in [-0.1, -0.05) is 37.3 Å². The van der Waals surface area contributed by atoms with Gasteiger partial charge in [-0.3, -0.25) is 9.59 Å². The van der Waals surface area contributed by atoms with E-state index < -0.39 is 10.9 Å². The van der Waals surface area contributed by atoms with Crippen molar-refractivity contribution in [2.45, 2.75) is 32.7 Å². The molecule has 3 rings (SSSR count). The molecule has 0 amide bonds.